The van der Waals surface area contributed by atoms with Gasteiger partial charge in [-0.2, -0.15) is 0 Å². The zero-order chi connectivity index (χ0) is 17.1. The summed E-state index contributed by atoms with van der Waals surface area (Å²) in [5, 5.41) is 11.4. The second-order valence-electron chi connectivity index (χ2n) is 5.68. The number of benzene rings is 1. The zero-order valence-corrected chi connectivity index (χ0v) is 12.9. The fourth-order valence-corrected chi connectivity index (χ4v) is 2.41. The Labute approximate surface area is 133 Å². The normalized spacial score (nSPS) is 14.8. The third-order valence-corrected chi connectivity index (χ3v) is 3.69. The molecule has 1 aliphatic heterocycles. The van der Waals surface area contributed by atoms with Gasteiger partial charge in [0.05, 0.1) is 11.1 Å². The smallest absolute Gasteiger partial charge is 0.326 e. The Hall–Kier alpha value is -2.70. The van der Waals surface area contributed by atoms with E-state index in [1.807, 2.05) is 0 Å². The Kier molecular flexibility index (Phi) is 4.78. The number of carbonyl (C=O) groups excluding carboxylic acids is 3. The number of fused-ring (bicyclic) bond motifs is 1. The van der Waals surface area contributed by atoms with Crippen molar-refractivity contribution in [3.8, 4) is 0 Å². The van der Waals surface area contributed by atoms with Crippen LogP contribution in [0, 0.1) is 5.92 Å². The minimum atomic E-state index is -1.12. The molecule has 3 amide bonds. The number of nitrogens with one attached hydrogen (secondary N) is 1. The number of hydrogen-bond donors (Lipinski definition) is 2. The summed E-state index contributed by atoms with van der Waals surface area (Å²) in [4.78, 5) is 48.2. The monoisotopic (exact) mass is 318 g/mol. The highest BCUT2D eigenvalue weighted by Crippen LogP contribution is 2.22. The lowest BCUT2D eigenvalue weighted by molar-refractivity contribution is -0.143. The molecular formula is C16H18N2O5. The van der Waals surface area contributed by atoms with Crippen molar-refractivity contribution in [2.24, 2.45) is 5.92 Å². The molecule has 0 spiro atoms. The Bertz CT molecular complexity index is 633. The Morgan fingerprint density at radius 1 is 1.13 bits per heavy atom. The number of rotatable bonds is 6. The molecule has 0 saturated heterocycles. The van der Waals surface area contributed by atoms with Gasteiger partial charge in [-0.3, -0.25) is 19.3 Å². The van der Waals surface area contributed by atoms with E-state index in [9.17, 15) is 19.2 Å². The average Bonchev–Trinajstić information content (AvgIpc) is 2.74. The van der Waals surface area contributed by atoms with E-state index in [0.29, 0.717) is 11.1 Å². The Balaban J connectivity index is 1.97. The van der Waals surface area contributed by atoms with Crippen LogP contribution in [0.3, 0.4) is 0 Å². The van der Waals surface area contributed by atoms with E-state index in [4.69, 9.17) is 5.11 Å². The van der Waals surface area contributed by atoms with Crippen molar-refractivity contribution in [2.45, 2.75) is 26.3 Å². The second kappa shape index (κ2) is 6.60. The first-order valence-electron chi connectivity index (χ1n) is 7.30. The molecule has 0 radical (unpaired) electrons. The van der Waals surface area contributed by atoms with Crippen LogP contribution >= 0.6 is 0 Å². The molecule has 7 nitrogen and oxygen atoms in total. The molecule has 1 heterocycles. The first kappa shape index (κ1) is 16.7. The standard InChI is InChI=1S/C16H18N2O5/c1-9(2)13(16(22)23)17-12(19)7-8-18-14(20)10-5-3-4-6-11(10)15(18)21/h3-6,9,13H,7-8H2,1-2H3,(H,17,19)(H,22,23)/t13-/m0/s1. The van der Waals surface area contributed by atoms with E-state index in [2.05, 4.69) is 5.32 Å². The van der Waals surface area contributed by atoms with Crippen LogP contribution < -0.4 is 5.32 Å². The number of nitrogens with zero attached hydrogens (tertiary/aromatic N) is 1. The van der Waals surface area contributed by atoms with Crippen molar-refractivity contribution in [3.63, 3.8) is 0 Å². The van der Waals surface area contributed by atoms with Gasteiger partial charge in [0.1, 0.15) is 6.04 Å². The van der Waals surface area contributed by atoms with E-state index in [-0.39, 0.29) is 18.9 Å². The van der Waals surface area contributed by atoms with Crippen molar-refractivity contribution >= 4 is 23.7 Å². The van der Waals surface area contributed by atoms with Gasteiger partial charge >= 0.3 is 5.97 Å². The Morgan fingerprint density at radius 3 is 2.09 bits per heavy atom. The molecule has 122 valence electrons. The van der Waals surface area contributed by atoms with Crippen molar-refractivity contribution in [3.05, 3.63) is 35.4 Å². The third kappa shape index (κ3) is 3.39. The fourth-order valence-electron chi connectivity index (χ4n) is 2.41. The summed E-state index contributed by atoms with van der Waals surface area (Å²) in [6, 6.07) is 5.47. The largest absolute Gasteiger partial charge is 0.480 e. The zero-order valence-electron chi connectivity index (χ0n) is 12.9. The molecule has 0 unspecified atom stereocenters. The molecule has 0 aromatic heterocycles. The molecule has 7 heteroatoms. The molecule has 0 saturated carbocycles. The lowest BCUT2D eigenvalue weighted by Gasteiger charge is -2.19. The van der Waals surface area contributed by atoms with Crippen LogP contribution in [0.1, 0.15) is 41.0 Å². The number of carbonyl (C=O) groups is 4. The van der Waals surface area contributed by atoms with Gasteiger partial charge in [-0.1, -0.05) is 26.0 Å². The number of amides is 3. The van der Waals surface area contributed by atoms with Crippen molar-refractivity contribution in [1.29, 1.82) is 0 Å². The van der Waals surface area contributed by atoms with E-state index in [1.54, 1.807) is 38.1 Å². The summed E-state index contributed by atoms with van der Waals surface area (Å²) in [5.74, 6) is -2.76. The lowest BCUT2D eigenvalue weighted by atomic mass is 10.0. The van der Waals surface area contributed by atoms with Gasteiger partial charge in [0.2, 0.25) is 5.91 Å². The van der Waals surface area contributed by atoms with Crippen LogP contribution in [0.2, 0.25) is 0 Å². The highest BCUT2D eigenvalue weighted by Gasteiger charge is 2.35. The lowest BCUT2D eigenvalue weighted by Crippen LogP contribution is -2.45. The quantitative estimate of drug-likeness (QED) is 0.758. The number of carboxylic acid groups (broad SMARTS) is 1. The predicted molar refractivity (Wildman–Crippen MR) is 80.8 cm³/mol. The summed E-state index contributed by atoms with van der Waals surface area (Å²) >= 11 is 0. The number of hydrogen-bond acceptors (Lipinski definition) is 4. The van der Waals surface area contributed by atoms with Crippen LogP contribution in [-0.2, 0) is 9.59 Å². The maximum atomic E-state index is 12.1. The summed E-state index contributed by atoms with van der Waals surface area (Å²) in [6.07, 6.45) is -0.137. The fraction of sp³-hybridized carbons (Fsp3) is 0.375. The molecule has 1 aliphatic rings. The predicted octanol–water partition coefficient (Wildman–Crippen LogP) is 0.898. The van der Waals surface area contributed by atoms with Gasteiger partial charge in [-0.05, 0) is 18.1 Å². The first-order valence-corrected chi connectivity index (χ1v) is 7.30. The molecule has 0 fully saturated rings. The van der Waals surface area contributed by atoms with Gasteiger partial charge in [0.15, 0.2) is 0 Å². The SMILES string of the molecule is CC(C)[C@H](NC(=O)CCN1C(=O)c2ccccc2C1=O)C(=O)O. The second-order valence-corrected chi connectivity index (χ2v) is 5.68. The van der Waals surface area contributed by atoms with Crippen LogP contribution in [0.4, 0.5) is 0 Å². The highest BCUT2D eigenvalue weighted by molar-refractivity contribution is 6.21. The van der Waals surface area contributed by atoms with E-state index >= 15 is 0 Å². The van der Waals surface area contributed by atoms with Crippen molar-refractivity contribution in [1.82, 2.24) is 10.2 Å². The van der Waals surface area contributed by atoms with Crippen LogP contribution in [0.15, 0.2) is 24.3 Å². The van der Waals surface area contributed by atoms with Crippen molar-refractivity contribution < 1.29 is 24.3 Å². The number of aliphatic carboxylic acids is 1. The third-order valence-electron chi connectivity index (χ3n) is 3.69. The van der Waals surface area contributed by atoms with Gasteiger partial charge in [-0.15, -0.1) is 0 Å². The molecule has 2 N–H and O–H groups in total. The molecular weight excluding hydrogens is 300 g/mol. The van der Waals surface area contributed by atoms with E-state index < -0.39 is 29.7 Å². The number of imide groups is 1. The maximum Gasteiger partial charge on any atom is 0.326 e. The first-order chi connectivity index (χ1) is 10.8. The molecule has 2 rings (SSSR count). The average molecular weight is 318 g/mol. The summed E-state index contributed by atoms with van der Waals surface area (Å²) in [7, 11) is 0. The molecule has 23 heavy (non-hydrogen) atoms. The Morgan fingerprint density at radius 2 is 1.65 bits per heavy atom. The molecule has 0 aliphatic carbocycles. The minimum absolute atomic E-state index is 0.0807. The minimum Gasteiger partial charge on any atom is -0.480 e. The number of carboxylic acids is 1. The topological polar surface area (TPSA) is 104 Å². The van der Waals surface area contributed by atoms with Crippen LogP contribution in [-0.4, -0.2) is 46.3 Å². The van der Waals surface area contributed by atoms with E-state index in [1.165, 1.54) is 0 Å². The molecule has 1 aromatic rings. The highest BCUT2D eigenvalue weighted by atomic mass is 16.4. The summed E-state index contributed by atoms with van der Waals surface area (Å²) < 4.78 is 0. The molecule has 1 aromatic carbocycles. The summed E-state index contributed by atoms with van der Waals surface area (Å²) in [5.41, 5.74) is 0.645. The van der Waals surface area contributed by atoms with Crippen molar-refractivity contribution in [2.75, 3.05) is 6.54 Å². The van der Waals surface area contributed by atoms with Gasteiger partial charge in [0, 0.05) is 13.0 Å². The molecule has 1 atom stereocenters. The van der Waals surface area contributed by atoms with Crippen LogP contribution in [0.25, 0.3) is 0 Å². The van der Waals surface area contributed by atoms with Gasteiger partial charge in [-0.25, -0.2) is 4.79 Å². The maximum absolute atomic E-state index is 12.1. The van der Waals surface area contributed by atoms with Gasteiger partial charge in [0.25, 0.3) is 11.8 Å². The van der Waals surface area contributed by atoms with Gasteiger partial charge < -0.3 is 10.4 Å². The molecule has 0 bridgehead atoms. The van der Waals surface area contributed by atoms with E-state index in [0.717, 1.165) is 4.90 Å². The summed E-state index contributed by atoms with van der Waals surface area (Å²) in [6.45, 7) is 3.29. The van der Waals surface area contributed by atoms with Crippen LogP contribution in [0.5, 0.6) is 0 Å².